The summed E-state index contributed by atoms with van der Waals surface area (Å²) in [6, 6.07) is 14.9. The Bertz CT molecular complexity index is 978. The first kappa shape index (κ1) is 24.3. The third kappa shape index (κ3) is 5.34. The van der Waals surface area contributed by atoms with Gasteiger partial charge in [0.1, 0.15) is 18.2 Å². The summed E-state index contributed by atoms with van der Waals surface area (Å²) in [5.41, 5.74) is 2.94. The molecule has 0 saturated carbocycles. The Labute approximate surface area is 193 Å². The largest absolute Gasteiger partial charge is 0.480 e. The van der Waals surface area contributed by atoms with Crippen molar-refractivity contribution in [3.63, 3.8) is 0 Å². The molecule has 33 heavy (non-hydrogen) atoms. The van der Waals surface area contributed by atoms with Crippen molar-refractivity contribution >= 4 is 18.0 Å². The summed E-state index contributed by atoms with van der Waals surface area (Å²) in [5.74, 6) is -1.91. The summed E-state index contributed by atoms with van der Waals surface area (Å²) >= 11 is 0. The number of fused-ring (bicyclic) bond motifs is 3. The van der Waals surface area contributed by atoms with Crippen LogP contribution in [-0.4, -0.2) is 55.0 Å². The molecule has 0 spiro atoms. The molecule has 176 valence electrons. The standard InChI is InChI=1S/C25H30N2O6/c1-4-13-25(2,23(29)30)27-22(28)21(15-32-3)26-24(31)33-14-20-18-11-7-5-9-16(18)17-10-6-8-12-19(17)20/h5-12,20-21H,4,13-15H2,1-3H3,(H,26,31)(H,27,28)(H,29,30)/t21-,25?/m0/s1. The number of hydrogen-bond acceptors (Lipinski definition) is 5. The minimum Gasteiger partial charge on any atom is -0.480 e. The number of ether oxygens (including phenoxy) is 2. The highest BCUT2D eigenvalue weighted by Crippen LogP contribution is 2.44. The Hall–Kier alpha value is -3.39. The van der Waals surface area contributed by atoms with E-state index < -0.39 is 29.6 Å². The van der Waals surface area contributed by atoms with Crippen LogP contribution >= 0.6 is 0 Å². The second kappa shape index (κ2) is 10.5. The van der Waals surface area contributed by atoms with Crippen molar-refractivity contribution in [1.82, 2.24) is 10.6 Å². The number of aliphatic carboxylic acids is 1. The van der Waals surface area contributed by atoms with Crippen LogP contribution in [-0.2, 0) is 19.1 Å². The number of amides is 2. The molecule has 3 N–H and O–H groups in total. The molecule has 8 nitrogen and oxygen atoms in total. The van der Waals surface area contributed by atoms with E-state index in [0.29, 0.717) is 6.42 Å². The second-order valence-electron chi connectivity index (χ2n) is 8.35. The van der Waals surface area contributed by atoms with Crippen LogP contribution in [0.15, 0.2) is 48.5 Å². The molecule has 2 aromatic rings. The van der Waals surface area contributed by atoms with Gasteiger partial charge in [-0.25, -0.2) is 9.59 Å². The molecule has 2 aromatic carbocycles. The fraction of sp³-hybridized carbons (Fsp3) is 0.400. The average Bonchev–Trinajstić information content (AvgIpc) is 3.11. The lowest BCUT2D eigenvalue weighted by Crippen LogP contribution is -2.59. The fourth-order valence-electron chi connectivity index (χ4n) is 4.21. The Kier molecular flexibility index (Phi) is 7.71. The van der Waals surface area contributed by atoms with Gasteiger partial charge in [-0.1, -0.05) is 61.9 Å². The first-order valence-electron chi connectivity index (χ1n) is 11.0. The van der Waals surface area contributed by atoms with Gasteiger partial charge in [0, 0.05) is 13.0 Å². The van der Waals surface area contributed by atoms with Gasteiger partial charge in [-0.15, -0.1) is 0 Å². The van der Waals surface area contributed by atoms with E-state index in [9.17, 15) is 19.5 Å². The lowest BCUT2D eigenvalue weighted by atomic mass is 9.96. The van der Waals surface area contributed by atoms with E-state index in [1.807, 2.05) is 55.5 Å². The van der Waals surface area contributed by atoms with E-state index >= 15 is 0 Å². The van der Waals surface area contributed by atoms with Crippen LogP contribution in [0.25, 0.3) is 11.1 Å². The van der Waals surface area contributed by atoms with E-state index in [-0.39, 0.29) is 25.6 Å². The Morgan fingerprint density at radius 1 is 1.06 bits per heavy atom. The highest BCUT2D eigenvalue weighted by atomic mass is 16.5. The monoisotopic (exact) mass is 454 g/mol. The lowest BCUT2D eigenvalue weighted by Gasteiger charge is -2.28. The summed E-state index contributed by atoms with van der Waals surface area (Å²) in [5, 5.41) is 14.5. The number of alkyl carbamates (subject to hydrolysis) is 1. The maximum Gasteiger partial charge on any atom is 0.407 e. The molecule has 0 aromatic heterocycles. The van der Waals surface area contributed by atoms with Gasteiger partial charge < -0.3 is 25.2 Å². The summed E-state index contributed by atoms with van der Waals surface area (Å²) in [7, 11) is 1.39. The zero-order valence-electron chi connectivity index (χ0n) is 19.1. The summed E-state index contributed by atoms with van der Waals surface area (Å²) < 4.78 is 10.5. The molecule has 1 aliphatic rings. The number of benzene rings is 2. The van der Waals surface area contributed by atoms with Gasteiger partial charge in [0.25, 0.3) is 0 Å². The second-order valence-corrected chi connectivity index (χ2v) is 8.35. The lowest BCUT2D eigenvalue weighted by molar-refractivity contribution is -0.147. The molecule has 0 radical (unpaired) electrons. The Balaban J connectivity index is 1.66. The van der Waals surface area contributed by atoms with Crippen molar-refractivity contribution in [2.45, 2.75) is 44.2 Å². The van der Waals surface area contributed by atoms with Gasteiger partial charge >= 0.3 is 12.1 Å². The molecule has 2 amide bonds. The molecule has 0 aliphatic heterocycles. The van der Waals surface area contributed by atoms with E-state index in [0.717, 1.165) is 22.3 Å². The van der Waals surface area contributed by atoms with Crippen molar-refractivity contribution in [2.24, 2.45) is 0 Å². The summed E-state index contributed by atoms with van der Waals surface area (Å²) in [6.07, 6.45) is 0.0397. The minimum atomic E-state index is -1.44. The summed E-state index contributed by atoms with van der Waals surface area (Å²) in [4.78, 5) is 36.9. The predicted molar refractivity (Wildman–Crippen MR) is 123 cm³/mol. The van der Waals surface area contributed by atoms with Crippen molar-refractivity contribution < 1.29 is 29.0 Å². The van der Waals surface area contributed by atoms with E-state index in [1.54, 1.807) is 0 Å². The number of rotatable bonds is 10. The minimum absolute atomic E-state index is 0.101. The quantitative estimate of drug-likeness (QED) is 0.508. The maximum absolute atomic E-state index is 12.7. The smallest absolute Gasteiger partial charge is 0.407 e. The number of methoxy groups -OCH3 is 1. The molecular formula is C25H30N2O6. The molecule has 0 bridgehead atoms. The van der Waals surface area contributed by atoms with Crippen LogP contribution in [0.4, 0.5) is 4.79 Å². The van der Waals surface area contributed by atoms with Crippen molar-refractivity contribution in [2.75, 3.05) is 20.3 Å². The van der Waals surface area contributed by atoms with Gasteiger partial charge in [-0.2, -0.15) is 0 Å². The third-order valence-electron chi connectivity index (χ3n) is 5.91. The van der Waals surface area contributed by atoms with E-state index in [1.165, 1.54) is 14.0 Å². The molecule has 8 heteroatoms. The molecule has 1 aliphatic carbocycles. The van der Waals surface area contributed by atoms with Crippen LogP contribution in [0.2, 0.25) is 0 Å². The Morgan fingerprint density at radius 2 is 1.64 bits per heavy atom. The first-order chi connectivity index (χ1) is 15.8. The molecule has 3 rings (SSSR count). The molecule has 1 unspecified atom stereocenters. The number of carbonyl (C=O) groups is 3. The number of carboxylic acid groups (broad SMARTS) is 1. The number of carbonyl (C=O) groups excluding carboxylic acids is 2. The van der Waals surface area contributed by atoms with Crippen LogP contribution < -0.4 is 10.6 Å². The topological polar surface area (TPSA) is 114 Å². The van der Waals surface area contributed by atoms with Gasteiger partial charge in [0.2, 0.25) is 5.91 Å². The zero-order valence-corrected chi connectivity index (χ0v) is 19.1. The van der Waals surface area contributed by atoms with Crippen molar-refractivity contribution in [1.29, 1.82) is 0 Å². The van der Waals surface area contributed by atoms with Crippen LogP contribution in [0.3, 0.4) is 0 Å². The van der Waals surface area contributed by atoms with Gasteiger partial charge in [0.05, 0.1) is 6.61 Å². The van der Waals surface area contributed by atoms with Gasteiger partial charge in [-0.3, -0.25) is 4.79 Å². The van der Waals surface area contributed by atoms with Crippen LogP contribution in [0.5, 0.6) is 0 Å². The fourth-order valence-corrected chi connectivity index (χ4v) is 4.21. The maximum atomic E-state index is 12.7. The number of hydrogen-bond donors (Lipinski definition) is 3. The van der Waals surface area contributed by atoms with Gasteiger partial charge in [0.15, 0.2) is 0 Å². The Morgan fingerprint density at radius 3 is 2.15 bits per heavy atom. The molecule has 0 saturated heterocycles. The first-order valence-corrected chi connectivity index (χ1v) is 11.0. The highest BCUT2D eigenvalue weighted by Gasteiger charge is 2.36. The van der Waals surface area contributed by atoms with Crippen LogP contribution in [0.1, 0.15) is 43.7 Å². The molecular weight excluding hydrogens is 424 g/mol. The molecule has 2 atom stereocenters. The van der Waals surface area contributed by atoms with E-state index in [4.69, 9.17) is 9.47 Å². The average molecular weight is 455 g/mol. The molecule has 0 heterocycles. The third-order valence-corrected chi connectivity index (χ3v) is 5.91. The van der Waals surface area contributed by atoms with Crippen LogP contribution in [0, 0.1) is 0 Å². The van der Waals surface area contributed by atoms with E-state index in [2.05, 4.69) is 10.6 Å². The predicted octanol–water partition coefficient (Wildman–Crippen LogP) is 3.30. The normalized spacial score (nSPS) is 15.0. The van der Waals surface area contributed by atoms with Crippen molar-refractivity contribution in [3.05, 3.63) is 59.7 Å². The number of carboxylic acids is 1. The van der Waals surface area contributed by atoms with Crippen molar-refractivity contribution in [3.8, 4) is 11.1 Å². The SMILES string of the molecule is CCCC(C)(NC(=O)[C@H](COC)NC(=O)OCC1c2ccccc2-c2ccccc21)C(=O)O. The highest BCUT2D eigenvalue weighted by molar-refractivity contribution is 5.91. The molecule has 0 fully saturated rings. The number of nitrogens with one attached hydrogen (secondary N) is 2. The zero-order chi connectivity index (χ0) is 24.0. The summed E-state index contributed by atoms with van der Waals surface area (Å²) in [6.45, 7) is 3.24. The van der Waals surface area contributed by atoms with Gasteiger partial charge in [-0.05, 0) is 35.6 Å².